The summed E-state index contributed by atoms with van der Waals surface area (Å²) in [5, 5.41) is 1.52. The van der Waals surface area contributed by atoms with Crippen molar-refractivity contribution in [1.82, 2.24) is 19.4 Å². The largest absolute Gasteiger partial charge is 0.495 e. The van der Waals surface area contributed by atoms with E-state index in [1.165, 1.54) is 4.57 Å². The fourth-order valence-electron chi connectivity index (χ4n) is 4.40. The van der Waals surface area contributed by atoms with Crippen LogP contribution >= 0.6 is 11.6 Å². The SMILES string of the molecule is COc1ccc(Cl)cc1N1CCN(CCn2c(=O)[nH]c3c([nH]c4ccccc43)c2=O)CC1. The number of halogens is 1. The molecule has 8 nitrogen and oxygen atoms in total. The lowest BCUT2D eigenvalue weighted by Gasteiger charge is -2.36. The Labute approximate surface area is 189 Å². The van der Waals surface area contributed by atoms with E-state index in [4.69, 9.17) is 16.3 Å². The van der Waals surface area contributed by atoms with Gasteiger partial charge >= 0.3 is 5.69 Å². The van der Waals surface area contributed by atoms with Crippen LogP contribution in [-0.2, 0) is 6.54 Å². The Morgan fingerprint density at radius 2 is 1.75 bits per heavy atom. The maximum Gasteiger partial charge on any atom is 0.328 e. The van der Waals surface area contributed by atoms with E-state index in [-0.39, 0.29) is 11.2 Å². The number of methoxy groups -OCH3 is 1. The molecule has 0 bridgehead atoms. The van der Waals surface area contributed by atoms with Gasteiger partial charge in [-0.1, -0.05) is 29.8 Å². The van der Waals surface area contributed by atoms with Crippen molar-refractivity contribution < 1.29 is 4.74 Å². The lowest BCUT2D eigenvalue weighted by Crippen LogP contribution is -2.48. The van der Waals surface area contributed by atoms with E-state index in [9.17, 15) is 9.59 Å². The van der Waals surface area contributed by atoms with Crippen LogP contribution in [0.3, 0.4) is 0 Å². The highest BCUT2D eigenvalue weighted by atomic mass is 35.5. The maximum atomic E-state index is 13.0. The predicted molar refractivity (Wildman–Crippen MR) is 127 cm³/mol. The highest BCUT2D eigenvalue weighted by Gasteiger charge is 2.21. The summed E-state index contributed by atoms with van der Waals surface area (Å²) in [6.45, 7) is 4.20. The molecule has 1 aliphatic heterocycles. The third kappa shape index (κ3) is 3.65. The van der Waals surface area contributed by atoms with Gasteiger partial charge in [-0.2, -0.15) is 0 Å². The van der Waals surface area contributed by atoms with Crippen molar-refractivity contribution in [3.63, 3.8) is 0 Å². The average molecular weight is 454 g/mol. The molecule has 0 aliphatic carbocycles. The van der Waals surface area contributed by atoms with E-state index in [1.54, 1.807) is 7.11 Å². The molecule has 0 saturated carbocycles. The van der Waals surface area contributed by atoms with Gasteiger partial charge < -0.3 is 19.6 Å². The average Bonchev–Trinajstić information content (AvgIpc) is 3.18. The molecule has 5 rings (SSSR count). The number of fused-ring (bicyclic) bond motifs is 3. The Kier molecular flexibility index (Phi) is 5.40. The number of nitrogens with zero attached hydrogens (tertiary/aromatic N) is 3. The van der Waals surface area contributed by atoms with Gasteiger partial charge in [0, 0.05) is 55.2 Å². The van der Waals surface area contributed by atoms with Crippen LogP contribution in [-0.4, -0.2) is 59.3 Å². The first-order valence-corrected chi connectivity index (χ1v) is 11.0. The molecule has 0 radical (unpaired) electrons. The Hall–Kier alpha value is -3.23. The molecular weight excluding hydrogens is 430 g/mol. The summed E-state index contributed by atoms with van der Waals surface area (Å²) in [5.74, 6) is 0.799. The van der Waals surface area contributed by atoms with E-state index in [0.717, 1.165) is 48.5 Å². The number of benzene rings is 2. The minimum absolute atomic E-state index is 0.290. The number of ether oxygens (including phenoxy) is 1. The Morgan fingerprint density at radius 1 is 0.969 bits per heavy atom. The van der Waals surface area contributed by atoms with Crippen LogP contribution in [0.25, 0.3) is 21.9 Å². The van der Waals surface area contributed by atoms with E-state index >= 15 is 0 Å². The minimum atomic E-state index is -0.380. The number of piperazine rings is 1. The minimum Gasteiger partial charge on any atom is -0.495 e. The molecule has 2 aromatic carbocycles. The van der Waals surface area contributed by atoms with Gasteiger partial charge in [-0.15, -0.1) is 0 Å². The lowest BCUT2D eigenvalue weighted by molar-refractivity contribution is 0.245. The Bertz CT molecular complexity index is 1400. The third-order valence-electron chi connectivity index (χ3n) is 6.14. The topological polar surface area (TPSA) is 86.4 Å². The van der Waals surface area contributed by atoms with Crippen molar-refractivity contribution >= 4 is 39.2 Å². The molecule has 166 valence electrons. The standard InChI is InChI=1S/C23H24ClN5O3/c1-32-19-7-6-15(24)14-18(19)28-11-8-27(9-12-28)10-13-29-22(30)21-20(26-23(29)31)16-4-2-3-5-17(16)25-21/h2-7,14,25H,8-13H2,1H3,(H,26,31). The Morgan fingerprint density at radius 3 is 2.53 bits per heavy atom. The van der Waals surface area contributed by atoms with Gasteiger partial charge in [0.2, 0.25) is 0 Å². The van der Waals surface area contributed by atoms with Crippen molar-refractivity contribution in [2.45, 2.75) is 6.54 Å². The number of aromatic amines is 2. The van der Waals surface area contributed by atoms with E-state index < -0.39 is 0 Å². The van der Waals surface area contributed by atoms with Gasteiger partial charge in [0.25, 0.3) is 5.56 Å². The zero-order valence-corrected chi connectivity index (χ0v) is 18.5. The van der Waals surface area contributed by atoms with Crippen molar-refractivity contribution in [2.75, 3.05) is 44.7 Å². The van der Waals surface area contributed by atoms with E-state index in [0.29, 0.717) is 29.1 Å². The first kappa shape index (κ1) is 20.7. The lowest BCUT2D eigenvalue weighted by atomic mass is 10.2. The molecule has 32 heavy (non-hydrogen) atoms. The van der Waals surface area contributed by atoms with E-state index in [2.05, 4.69) is 19.8 Å². The first-order chi connectivity index (χ1) is 15.5. The molecule has 0 amide bonds. The van der Waals surface area contributed by atoms with Crippen molar-refractivity contribution in [3.8, 4) is 5.75 Å². The summed E-state index contributed by atoms with van der Waals surface area (Å²) in [7, 11) is 1.65. The van der Waals surface area contributed by atoms with Gasteiger partial charge in [0.1, 0.15) is 11.3 Å². The molecule has 0 atom stereocenters. The maximum absolute atomic E-state index is 13.0. The van der Waals surface area contributed by atoms with Crippen LogP contribution in [0, 0.1) is 0 Å². The molecular formula is C23H24ClN5O3. The second-order valence-electron chi connectivity index (χ2n) is 7.95. The number of nitrogens with one attached hydrogen (secondary N) is 2. The molecule has 4 aromatic rings. The number of para-hydroxylation sites is 1. The van der Waals surface area contributed by atoms with Crippen molar-refractivity contribution in [3.05, 3.63) is 68.3 Å². The number of aromatic nitrogens is 3. The molecule has 0 spiro atoms. The molecule has 9 heteroatoms. The van der Waals surface area contributed by atoms with Gasteiger partial charge in [-0.05, 0) is 24.3 Å². The molecule has 3 heterocycles. The monoisotopic (exact) mass is 453 g/mol. The number of hydrogen-bond donors (Lipinski definition) is 2. The molecule has 1 aliphatic rings. The van der Waals surface area contributed by atoms with Gasteiger partial charge in [0.15, 0.2) is 0 Å². The molecule has 0 unspecified atom stereocenters. The van der Waals surface area contributed by atoms with Crippen LogP contribution in [0.5, 0.6) is 5.75 Å². The van der Waals surface area contributed by atoms with Crippen LogP contribution in [0.2, 0.25) is 5.02 Å². The van der Waals surface area contributed by atoms with Gasteiger partial charge in [-0.3, -0.25) is 14.3 Å². The summed E-state index contributed by atoms with van der Waals surface area (Å²) in [6, 6.07) is 13.2. The van der Waals surface area contributed by atoms with Gasteiger partial charge in [0.05, 0.1) is 18.3 Å². The summed E-state index contributed by atoms with van der Waals surface area (Å²) in [4.78, 5) is 36.2. The van der Waals surface area contributed by atoms with Crippen LogP contribution in [0.4, 0.5) is 5.69 Å². The normalized spacial score (nSPS) is 15.0. The Balaban J connectivity index is 1.30. The van der Waals surface area contributed by atoms with Crippen LogP contribution in [0.1, 0.15) is 0 Å². The second-order valence-corrected chi connectivity index (χ2v) is 8.39. The highest BCUT2D eigenvalue weighted by Crippen LogP contribution is 2.31. The molecule has 1 saturated heterocycles. The molecule has 2 aromatic heterocycles. The predicted octanol–water partition coefficient (Wildman–Crippen LogP) is 2.66. The van der Waals surface area contributed by atoms with Crippen LogP contribution < -0.4 is 20.9 Å². The summed E-state index contributed by atoms with van der Waals surface area (Å²) in [5.41, 5.74) is 2.15. The number of rotatable bonds is 5. The third-order valence-corrected chi connectivity index (χ3v) is 6.37. The molecule has 2 N–H and O–H groups in total. The number of H-pyrrole nitrogens is 2. The molecule has 1 fully saturated rings. The summed E-state index contributed by atoms with van der Waals surface area (Å²) in [6.07, 6.45) is 0. The second kappa shape index (κ2) is 8.37. The smallest absolute Gasteiger partial charge is 0.328 e. The number of hydrogen-bond acceptors (Lipinski definition) is 5. The van der Waals surface area contributed by atoms with E-state index in [1.807, 2.05) is 42.5 Å². The summed E-state index contributed by atoms with van der Waals surface area (Å²) >= 11 is 6.18. The van der Waals surface area contributed by atoms with Crippen molar-refractivity contribution in [1.29, 1.82) is 0 Å². The zero-order chi connectivity index (χ0) is 22.2. The summed E-state index contributed by atoms with van der Waals surface area (Å²) < 4.78 is 6.76. The quantitative estimate of drug-likeness (QED) is 0.485. The highest BCUT2D eigenvalue weighted by molar-refractivity contribution is 6.31. The number of anilines is 1. The fraction of sp³-hybridized carbons (Fsp3) is 0.304. The first-order valence-electron chi connectivity index (χ1n) is 10.6. The van der Waals surface area contributed by atoms with Gasteiger partial charge in [-0.25, -0.2) is 4.79 Å². The fourth-order valence-corrected chi connectivity index (χ4v) is 4.57. The van der Waals surface area contributed by atoms with Crippen LogP contribution in [0.15, 0.2) is 52.1 Å². The van der Waals surface area contributed by atoms with Crippen molar-refractivity contribution in [2.24, 2.45) is 0 Å². The zero-order valence-electron chi connectivity index (χ0n) is 17.7.